The van der Waals surface area contributed by atoms with Crippen LogP contribution < -0.4 is 20.1 Å². The van der Waals surface area contributed by atoms with Gasteiger partial charge in [0.2, 0.25) is 6.79 Å². The highest BCUT2D eigenvalue weighted by atomic mass is 35.5. The Morgan fingerprint density at radius 3 is 2.67 bits per heavy atom. The molecule has 2 aromatic rings. The molecule has 1 aliphatic heterocycles. The number of halogens is 1. The zero-order valence-electron chi connectivity index (χ0n) is 11.1. The summed E-state index contributed by atoms with van der Waals surface area (Å²) >= 11 is 11.1. The van der Waals surface area contributed by atoms with E-state index in [1.54, 1.807) is 0 Å². The minimum atomic E-state index is 0.281. The molecule has 0 aliphatic carbocycles. The Morgan fingerprint density at radius 2 is 1.86 bits per heavy atom. The molecule has 0 unspecified atom stereocenters. The molecule has 0 aromatic heterocycles. The Labute approximate surface area is 133 Å². The van der Waals surface area contributed by atoms with E-state index < -0.39 is 0 Å². The Kier molecular flexibility index (Phi) is 4.13. The van der Waals surface area contributed by atoms with Gasteiger partial charge in [-0.1, -0.05) is 17.7 Å². The van der Waals surface area contributed by atoms with Gasteiger partial charge in [-0.05, 0) is 54.2 Å². The summed E-state index contributed by atoms with van der Waals surface area (Å²) in [5.74, 6) is 1.55. The van der Waals surface area contributed by atoms with Gasteiger partial charge in [-0.15, -0.1) is 0 Å². The van der Waals surface area contributed by atoms with Crippen molar-refractivity contribution in [2.75, 3.05) is 12.1 Å². The summed E-state index contributed by atoms with van der Waals surface area (Å²) in [5.41, 5.74) is 1.96. The van der Waals surface area contributed by atoms with Crippen LogP contribution in [0.2, 0.25) is 5.02 Å². The second-order valence-corrected chi connectivity index (χ2v) is 5.35. The number of thiocarbonyl (C=S) groups is 1. The highest BCUT2D eigenvalue weighted by Crippen LogP contribution is 2.32. The highest BCUT2D eigenvalue weighted by Gasteiger charge is 2.13. The molecule has 1 aliphatic rings. The molecular formula is C15H13ClN2O2S. The van der Waals surface area contributed by atoms with Gasteiger partial charge in [-0.25, -0.2) is 0 Å². The number of hydrogen-bond donors (Lipinski definition) is 2. The van der Waals surface area contributed by atoms with Gasteiger partial charge in [0.15, 0.2) is 16.6 Å². The van der Waals surface area contributed by atoms with E-state index in [9.17, 15) is 0 Å². The van der Waals surface area contributed by atoms with Crippen molar-refractivity contribution >= 4 is 34.6 Å². The maximum atomic E-state index is 5.84. The van der Waals surface area contributed by atoms with E-state index in [0.717, 1.165) is 22.7 Å². The third-order valence-electron chi connectivity index (χ3n) is 2.99. The topological polar surface area (TPSA) is 42.5 Å². The fraction of sp³-hybridized carbons (Fsp3) is 0.133. The molecule has 0 atom stereocenters. The molecule has 108 valence electrons. The summed E-state index contributed by atoms with van der Waals surface area (Å²) in [4.78, 5) is 0. The first kappa shape index (κ1) is 14.0. The van der Waals surface area contributed by atoms with Gasteiger partial charge in [-0.3, -0.25) is 0 Å². The number of rotatable bonds is 3. The van der Waals surface area contributed by atoms with Crippen molar-refractivity contribution in [3.05, 3.63) is 53.1 Å². The standard InChI is InChI=1S/C15H13ClN2O2S/c16-11-2-4-12(5-3-11)18-15(21)17-8-10-1-6-13-14(7-10)20-9-19-13/h1-7H,8-9H2,(H2,17,18,21). The van der Waals surface area contributed by atoms with Gasteiger partial charge >= 0.3 is 0 Å². The Morgan fingerprint density at radius 1 is 1.10 bits per heavy atom. The molecule has 0 fully saturated rings. The lowest BCUT2D eigenvalue weighted by atomic mass is 10.2. The van der Waals surface area contributed by atoms with Crippen LogP contribution in [0.25, 0.3) is 0 Å². The molecule has 2 aromatic carbocycles. The number of benzene rings is 2. The Bertz CT molecular complexity index is 661. The van der Waals surface area contributed by atoms with Crippen molar-refractivity contribution in [3.63, 3.8) is 0 Å². The smallest absolute Gasteiger partial charge is 0.231 e. The lowest BCUT2D eigenvalue weighted by molar-refractivity contribution is 0.174. The van der Waals surface area contributed by atoms with Crippen LogP contribution >= 0.6 is 23.8 Å². The van der Waals surface area contributed by atoms with E-state index in [2.05, 4.69) is 10.6 Å². The van der Waals surface area contributed by atoms with Crippen molar-refractivity contribution in [2.45, 2.75) is 6.54 Å². The largest absolute Gasteiger partial charge is 0.454 e. The zero-order valence-corrected chi connectivity index (χ0v) is 12.6. The van der Waals surface area contributed by atoms with Crippen molar-refractivity contribution in [1.82, 2.24) is 5.32 Å². The molecule has 0 saturated heterocycles. The fourth-order valence-electron chi connectivity index (χ4n) is 1.94. The molecule has 1 heterocycles. The van der Waals surface area contributed by atoms with Gasteiger partial charge in [-0.2, -0.15) is 0 Å². The third-order valence-corrected chi connectivity index (χ3v) is 3.49. The molecule has 6 heteroatoms. The minimum Gasteiger partial charge on any atom is -0.454 e. The van der Waals surface area contributed by atoms with Gasteiger partial charge in [0.25, 0.3) is 0 Å². The number of hydrogen-bond acceptors (Lipinski definition) is 3. The van der Waals surface area contributed by atoms with Crippen molar-refractivity contribution in [1.29, 1.82) is 0 Å². The van der Waals surface area contributed by atoms with E-state index in [0.29, 0.717) is 16.7 Å². The quantitative estimate of drug-likeness (QED) is 0.847. The molecular weight excluding hydrogens is 308 g/mol. The summed E-state index contributed by atoms with van der Waals surface area (Å²) in [6.07, 6.45) is 0. The molecule has 0 amide bonds. The number of anilines is 1. The summed E-state index contributed by atoms with van der Waals surface area (Å²) in [6, 6.07) is 13.2. The van der Waals surface area contributed by atoms with Crippen LogP contribution in [0, 0.1) is 0 Å². The summed E-state index contributed by atoms with van der Waals surface area (Å²) < 4.78 is 10.6. The molecule has 0 saturated carbocycles. The van der Waals surface area contributed by atoms with Gasteiger partial charge in [0.1, 0.15) is 0 Å². The average molecular weight is 321 g/mol. The summed E-state index contributed by atoms with van der Waals surface area (Å²) in [7, 11) is 0. The van der Waals surface area contributed by atoms with Crippen LogP contribution in [0.15, 0.2) is 42.5 Å². The third kappa shape index (κ3) is 3.56. The van der Waals surface area contributed by atoms with Crippen LogP contribution in [0.3, 0.4) is 0 Å². The van der Waals surface area contributed by atoms with E-state index in [4.69, 9.17) is 33.3 Å². The Balaban J connectivity index is 1.55. The van der Waals surface area contributed by atoms with Gasteiger partial charge in [0, 0.05) is 17.3 Å². The number of nitrogens with one attached hydrogen (secondary N) is 2. The molecule has 2 N–H and O–H groups in total. The number of fused-ring (bicyclic) bond motifs is 1. The van der Waals surface area contributed by atoms with Crippen LogP contribution in [-0.2, 0) is 6.54 Å². The van der Waals surface area contributed by atoms with E-state index in [1.807, 2.05) is 42.5 Å². The molecule has 3 rings (SSSR count). The first-order valence-electron chi connectivity index (χ1n) is 6.40. The first-order valence-corrected chi connectivity index (χ1v) is 7.18. The number of ether oxygens (including phenoxy) is 2. The SMILES string of the molecule is S=C(NCc1ccc2c(c1)OCO2)Nc1ccc(Cl)cc1. The van der Waals surface area contributed by atoms with E-state index >= 15 is 0 Å². The lowest BCUT2D eigenvalue weighted by Crippen LogP contribution is -2.27. The zero-order chi connectivity index (χ0) is 14.7. The highest BCUT2D eigenvalue weighted by molar-refractivity contribution is 7.80. The predicted octanol–water partition coefficient (Wildman–Crippen LogP) is 3.56. The Hall–Kier alpha value is -1.98. The monoisotopic (exact) mass is 320 g/mol. The van der Waals surface area contributed by atoms with Crippen molar-refractivity contribution in [3.8, 4) is 11.5 Å². The second kappa shape index (κ2) is 6.20. The fourth-order valence-corrected chi connectivity index (χ4v) is 2.26. The van der Waals surface area contributed by atoms with E-state index in [1.165, 1.54) is 0 Å². The predicted molar refractivity (Wildman–Crippen MR) is 87.1 cm³/mol. The van der Waals surface area contributed by atoms with Crippen LogP contribution in [0.4, 0.5) is 5.69 Å². The normalized spacial score (nSPS) is 12.0. The molecule has 4 nitrogen and oxygen atoms in total. The summed E-state index contributed by atoms with van der Waals surface area (Å²) in [6.45, 7) is 0.888. The van der Waals surface area contributed by atoms with Gasteiger partial charge < -0.3 is 20.1 Å². The van der Waals surface area contributed by atoms with Gasteiger partial charge in [0.05, 0.1) is 0 Å². The first-order chi connectivity index (χ1) is 10.2. The minimum absolute atomic E-state index is 0.281. The lowest BCUT2D eigenvalue weighted by Gasteiger charge is -2.11. The van der Waals surface area contributed by atoms with E-state index in [-0.39, 0.29) is 6.79 Å². The van der Waals surface area contributed by atoms with Crippen LogP contribution in [-0.4, -0.2) is 11.9 Å². The maximum Gasteiger partial charge on any atom is 0.231 e. The second-order valence-electron chi connectivity index (χ2n) is 4.50. The van der Waals surface area contributed by atoms with Crippen molar-refractivity contribution in [2.24, 2.45) is 0 Å². The molecule has 0 radical (unpaired) electrons. The van der Waals surface area contributed by atoms with Crippen molar-refractivity contribution < 1.29 is 9.47 Å². The van der Waals surface area contributed by atoms with Crippen LogP contribution in [0.1, 0.15) is 5.56 Å². The molecule has 21 heavy (non-hydrogen) atoms. The summed E-state index contributed by atoms with van der Waals surface area (Å²) in [5, 5.41) is 7.49. The molecule has 0 bridgehead atoms. The van der Waals surface area contributed by atoms with Crippen LogP contribution in [0.5, 0.6) is 11.5 Å². The molecule has 0 spiro atoms. The maximum absolute atomic E-state index is 5.84. The average Bonchev–Trinajstić information content (AvgIpc) is 2.95.